The van der Waals surface area contributed by atoms with E-state index in [2.05, 4.69) is 33.3 Å². The molecule has 0 atom stereocenters. The summed E-state index contributed by atoms with van der Waals surface area (Å²) < 4.78 is 26.2. The normalized spacial score (nSPS) is 12.1. The number of nitrogens with zero attached hydrogens (tertiary/aromatic N) is 1. The number of hydrogen-bond acceptors (Lipinski definition) is 9. The third kappa shape index (κ3) is 9.15. The monoisotopic (exact) mass is 646 g/mol. The van der Waals surface area contributed by atoms with Crippen LogP contribution in [0, 0.1) is 5.82 Å². The van der Waals surface area contributed by atoms with Crippen LogP contribution in [0.3, 0.4) is 0 Å². The average molecular weight is 647 g/mol. The van der Waals surface area contributed by atoms with E-state index in [1.165, 1.54) is 31.2 Å². The molecule has 3 amide bonds. The number of esters is 1. The molecular formula is C31H39FN4O6S2. The minimum absolute atomic E-state index is 0.00731. The lowest BCUT2D eigenvalue weighted by molar-refractivity contribution is -0.140. The molecule has 1 aliphatic rings. The van der Waals surface area contributed by atoms with Crippen molar-refractivity contribution in [3.63, 3.8) is 0 Å². The summed E-state index contributed by atoms with van der Waals surface area (Å²) in [5.41, 5.74) is 3.22. The van der Waals surface area contributed by atoms with Crippen LogP contribution in [0.25, 0.3) is 22.3 Å². The number of nitrogens with one attached hydrogen (secondary N) is 3. The van der Waals surface area contributed by atoms with Crippen molar-refractivity contribution in [2.24, 2.45) is 0 Å². The number of fused-ring (bicyclic) bond motifs is 1. The second-order valence-electron chi connectivity index (χ2n) is 9.95. The van der Waals surface area contributed by atoms with E-state index in [4.69, 9.17) is 4.42 Å². The highest BCUT2D eigenvalue weighted by atomic mass is 32.2. The molecule has 0 aliphatic heterocycles. The van der Waals surface area contributed by atoms with Crippen LogP contribution in [-0.4, -0.2) is 70.0 Å². The zero-order valence-electron chi connectivity index (χ0n) is 25.3. The summed E-state index contributed by atoms with van der Waals surface area (Å²) >= 11 is 4.90. The van der Waals surface area contributed by atoms with Crippen molar-refractivity contribution in [1.82, 2.24) is 16.0 Å². The second kappa shape index (κ2) is 17.0. The molecule has 0 spiro atoms. The smallest absolute Gasteiger partial charge is 0.305 e. The highest BCUT2D eigenvalue weighted by Crippen LogP contribution is 2.48. The van der Waals surface area contributed by atoms with Crippen LogP contribution in [0.1, 0.15) is 53.9 Å². The Kier molecular flexibility index (Phi) is 13.4. The maximum atomic E-state index is 13.6. The summed E-state index contributed by atoms with van der Waals surface area (Å²) in [7, 11) is 2.88. The molecule has 3 aromatic rings. The summed E-state index contributed by atoms with van der Waals surface area (Å²) in [6.07, 6.45) is 7.05. The summed E-state index contributed by atoms with van der Waals surface area (Å²) in [5, 5.41) is 8.71. The van der Waals surface area contributed by atoms with E-state index < -0.39 is 5.82 Å². The number of anilines is 1. The molecule has 44 heavy (non-hydrogen) atoms. The SMILES string of the molecule is CNC(=O)c1c(-c2ccc(F)cc2)oc2cc(N(CC(=O)NCC(=O)NCCCCC(=O)OC)SC)c(C3CC3)cc12.CS. The number of methoxy groups -OCH3 is 1. The molecule has 1 aromatic heterocycles. The molecule has 13 heteroatoms. The Bertz CT molecular complexity index is 1460. The van der Waals surface area contributed by atoms with E-state index in [1.807, 2.05) is 22.7 Å². The van der Waals surface area contributed by atoms with Crippen LogP contribution in [0.5, 0.6) is 0 Å². The lowest BCUT2D eigenvalue weighted by Gasteiger charge is -2.24. The number of hydrogen-bond donors (Lipinski definition) is 4. The Hall–Kier alpha value is -3.71. The van der Waals surface area contributed by atoms with Crippen molar-refractivity contribution in [3.05, 3.63) is 53.3 Å². The van der Waals surface area contributed by atoms with Crippen molar-refractivity contribution >= 4 is 64.9 Å². The average Bonchev–Trinajstić information content (AvgIpc) is 3.82. The van der Waals surface area contributed by atoms with E-state index in [0.29, 0.717) is 53.7 Å². The Morgan fingerprint density at radius 1 is 1.07 bits per heavy atom. The Balaban J connectivity index is 0.00000259. The van der Waals surface area contributed by atoms with Crippen LogP contribution >= 0.6 is 24.6 Å². The van der Waals surface area contributed by atoms with Gasteiger partial charge in [-0.05, 0) is 73.8 Å². The van der Waals surface area contributed by atoms with Crippen molar-refractivity contribution in [2.75, 3.05) is 50.6 Å². The number of ether oxygens (including phenoxy) is 1. The van der Waals surface area contributed by atoms with Crippen LogP contribution in [-0.2, 0) is 19.1 Å². The Labute approximate surface area is 266 Å². The highest BCUT2D eigenvalue weighted by Gasteiger charge is 2.31. The number of carbonyl (C=O) groups is 4. The fraction of sp³-hybridized carbons (Fsp3) is 0.419. The third-order valence-corrected chi connectivity index (χ3v) is 7.76. The number of unbranched alkanes of at least 4 members (excludes halogenated alkanes) is 1. The zero-order valence-corrected chi connectivity index (χ0v) is 27.0. The van der Waals surface area contributed by atoms with Crippen LogP contribution in [0.2, 0.25) is 0 Å². The number of amides is 3. The predicted octanol–water partition coefficient (Wildman–Crippen LogP) is 4.68. The molecule has 1 saturated carbocycles. The molecule has 0 radical (unpaired) electrons. The molecule has 3 N–H and O–H groups in total. The molecule has 0 saturated heterocycles. The summed E-state index contributed by atoms with van der Waals surface area (Å²) in [5.74, 6) is -1.01. The number of furan rings is 1. The fourth-order valence-electron chi connectivity index (χ4n) is 4.64. The molecule has 238 valence electrons. The Morgan fingerprint density at radius 3 is 2.39 bits per heavy atom. The van der Waals surface area contributed by atoms with Crippen molar-refractivity contribution in [2.45, 2.75) is 38.0 Å². The van der Waals surface area contributed by atoms with E-state index in [-0.39, 0.29) is 42.7 Å². The number of halogens is 1. The Morgan fingerprint density at radius 2 is 1.77 bits per heavy atom. The van der Waals surface area contributed by atoms with Gasteiger partial charge in [-0.1, -0.05) is 11.9 Å². The fourth-order valence-corrected chi connectivity index (χ4v) is 5.24. The van der Waals surface area contributed by atoms with Gasteiger partial charge in [-0.25, -0.2) is 4.39 Å². The van der Waals surface area contributed by atoms with Gasteiger partial charge in [-0.2, -0.15) is 12.6 Å². The van der Waals surface area contributed by atoms with E-state index >= 15 is 0 Å². The molecule has 10 nitrogen and oxygen atoms in total. The molecule has 2 aromatic carbocycles. The van der Waals surface area contributed by atoms with Crippen molar-refractivity contribution in [3.8, 4) is 11.3 Å². The highest BCUT2D eigenvalue weighted by molar-refractivity contribution is 8.00. The van der Waals surface area contributed by atoms with E-state index in [0.717, 1.165) is 24.1 Å². The summed E-state index contributed by atoms with van der Waals surface area (Å²) in [6, 6.07) is 9.57. The first-order valence-electron chi connectivity index (χ1n) is 14.2. The molecule has 1 aliphatic carbocycles. The van der Waals surface area contributed by atoms with E-state index in [1.54, 1.807) is 25.4 Å². The first kappa shape index (κ1) is 34.8. The van der Waals surface area contributed by atoms with Gasteiger partial charge in [-0.15, -0.1) is 0 Å². The minimum Gasteiger partial charge on any atom is -0.469 e. The van der Waals surface area contributed by atoms with Gasteiger partial charge in [0.05, 0.1) is 24.9 Å². The first-order valence-corrected chi connectivity index (χ1v) is 16.3. The van der Waals surface area contributed by atoms with Gasteiger partial charge in [0.15, 0.2) is 0 Å². The lowest BCUT2D eigenvalue weighted by Crippen LogP contribution is -2.41. The van der Waals surface area contributed by atoms with Crippen molar-refractivity contribution in [1.29, 1.82) is 0 Å². The van der Waals surface area contributed by atoms with Crippen LogP contribution in [0.15, 0.2) is 40.8 Å². The van der Waals surface area contributed by atoms with E-state index in [9.17, 15) is 23.6 Å². The number of carbonyl (C=O) groups excluding carboxylic acids is 4. The van der Waals surface area contributed by atoms with Gasteiger partial charge in [0.1, 0.15) is 23.7 Å². The summed E-state index contributed by atoms with van der Waals surface area (Å²) in [4.78, 5) is 49.1. The first-order chi connectivity index (χ1) is 21.2. The zero-order chi connectivity index (χ0) is 32.2. The third-order valence-electron chi connectivity index (χ3n) is 6.99. The van der Waals surface area contributed by atoms with Gasteiger partial charge in [0.2, 0.25) is 11.8 Å². The second-order valence-corrected chi connectivity index (χ2v) is 10.8. The largest absolute Gasteiger partial charge is 0.469 e. The maximum absolute atomic E-state index is 13.6. The topological polar surface area (TPSA) is 130 Å². The predicted molar refractivity (Wildman–Crippen MR) is 175 cm³/mol. The van der Waals surface area contributed by atoms with Gasteiger partial charge in [0, 0.05) is 43.3 Å². The van der Waals surface area contributed by atoms with Crippen molar-refractivity contribution < 1.29 is 32.7 Å². The molecule has 4 rings (SSSR count). The van der Waals surface area contributed by atoms with Crippen LogP contribution in [0.4, 0.5) is 10.1 Å². The maximum Gasteiger partial charge on any atom is 0.305 e. The molecule has 1 fully saturated rings. The molecular weight excluding hydrogens is 607 g/mol. The van der Waals surface area contributed by atoms with Crippen LogP contribution < -0.4 is 20.3 Å². The molecule has 1 heterocycles. The lowest BCUT2D eigenvalue weighted by atomic mass is 10.0. The van der Waals surface area contributed by atoms with Gasteiger partial charge in [0.25, 0.3) is 5.91 Å². The number of benzene rings is 2. The standard InChI is InChI=1S/C30H35FN4O6S.CH4S/c1-32-30(39)28-22-14-21(18-7-8-18)23(15-24(22)41-29(28)19-9-11-20(31)12-10-19)35(42-3)17-26(37)34-16-25(36)33-13-5-4-6-27(38)40-2;1-2/h9-12,14-15,18H,4-8,13,16-17H2,1-3H3,(H,32,39)(H,33,36)(H,34,37);2H,1H3. The minimum atomic E-state index is -0.392. The number of thiol groups is 1. The van der Waals surface area contributed by atoms with Gasteiger partial charge >= 0.3 is 5.97 Å². The summed E-state index contributed by atoms with van der Waals surface area (Å²) in [6.45, 7) is 0.225. The van der Waals surface area contributed by atoms with Gasteiger partial charge < -0.3 is 29.4 Å². The van der Waals surface area contributed by atoms with Gasteiger partial charge in [-0.3, -0.25) is 19.2 Å². The molecule has 0 unspecified atom stereocenters. The quantitative estimate of drug-likeness (QED) is 0.0860. The number of rotatable bonds is 14. The molecule has 0 bridgehead atoms.